The molecule has 0 saturated carbocycles. The van der Waals surface area contributed by atoms with Gasteiger partial charge >= 0.3 is 6.18 Å². The van der Waals surface area contributed by atoms with Crippen molar-refractivity contribution in [3.63, 3.8) is 0 Å². The average molecular weight is 371 g/mol. The molecule has 8 heteroatoms. The number of benzene rings is 1. The molecule has 1 atom stereocenters. The van der Waals surface area contributed by atoms with Crippen LogP contribution in [0, 0.1) is 0 Å². The third-order valence-electron chi connectivity index (χ3n) is 3.54. The molecule has 1 aliphatic heterocycles. The van der Waals surface area contributed by atoms with Crippen LogP contribution in [0.15, 0.2) is 16.6 Å². The Labute approximate surface area is 128 Å². The summed E-state index contributed by atoms with van der Waals surface area (Å²) in [6.07, 6.45) is -4.64. The summed E-state index contributed by atoms with van der Waals surface area (Å²) in [5.41, 5.74) is -1.40. The van der Waals surface area contributed by atoms with Crippen LogP contribution in [0.25, 0.3) is 0 Å². The standard InChI is InChI=1S/C13H15BrF4N2O/c14-9-2-1-8(13(16,17)18)11(12(9)21)10(7-15)20-5-3-19-4-6-20/h1-2,10,19,21H,3-7H2/t10-/m1/s1. The highest BCUT2D eigenvalue weighted by molar-refractivity contribution is 9.10. The molecule has 1 saturated heterocycles. The molecule has 0 radical (unpaired) electrons. The monoisotopic (exact) mass is 370 g/mol. The molecule has 1 fully saturated rings. The summed E-state index contributed by atoms with van der Waals surface area (Å²) in [4.78, 5) is 1.62. The van der Waals surface area contributed by atoms with E-state index < -0.39 is 35.8 Å². The molecule has 3 nitrogen and oxygen atoms in total. The minimum atomic E-state index is -4.64. The van der Waals surface area contributed by atoms with Gasteiger partial charge in [-0.1, -0.05) is 0 Å². The topological polar surface area (TPSA) is 35.5 Å². The summed E-state index contributed by atoms with van der Waals surface area (Å²) in [5.74, 6) is -0.550. The van der Waals surface area contributed by atoms with Crippen molar-refractivity contribution in [2.24, 2.45) is 0 Å². The van der Waals surface area contributed by atoms with E-state index in [1.807, 2.05) is 0 Å². The predicted molar refractivity (Wildman–Crippen MR) is 74.0 cm³/mol. The molecule has 1 aromatic carbocycles. The second-order valence-electron chi connectivity index (χ2n) is 4.81. The predicted octanol–water partition coefficient (Wildman–Crippen LogP) is 3.09. The molecule has 1 heterocycles. The first-order chi connectivity index (χ1) is 9.86. The fourth-order valence-electron chi connectivity index (χ4n) is 2.52. The van der Waals surface area contributed by atoms with Crippen molar-refractivity contribution in [3.05, 3.63) is 27.7 Å². The van der Waals surface area contributed by atoms with E-state index in [0.29, 0.717) is 26.2 Å². The Morgan fingerprint density at radius 2 is 1.90 bits per heavy atom. The SMILES string of the molecule is Oc1c(Br)ccc(C(F)(F)F)c1[C@@H](CF)N1CCNCC1. The number of hydrogen-bond donors (Lipinski definition) is 2. The van der Waals surface area contributed by atoms with E-state index >= 15 is 0 Å². The number of rotatable bonds is 3. The van der Waals surface area contributed by atoms with Gasteiger partial charge in [-0.05, 0) is 28.1 Å². The first-order valence-electron chi connectivity index (χ1n) is 6.45. The molecular weight excluding hydrogens is 356 g/mol. The third-order valence-corrected chi connectivity index (χ3v) is 4.18. The van der Waals surface area contributed by atoms with Gasteiger partial charge in [-0.25, -0.2) is 4.39 Å². The van der Waals surface area contributed by atoms with Crippen molar-refractivity contribution in [1.29, 1.82) is 0 Å². The lowest BCUT2D eigenvalue weighted by atomic mass is 9.97. The molecule has 0 aromatic heterocycles. The second-order valence-corrected chi connectivity index (χ2v) is 5.67. The quantitative estimate of drug-likeness (QED) is 0.802. The van der Waals surface area contributed by atoms with Crippen LogP contribution >= 0.6 is 15.9 Å². The van der Waals surface area contributed by atoms with Gasteiger partial charge in [-0.3, -0.25) is 4.90 Å². The highest BCUT2D eigenvalue weighted by Crippen LogP contribution is 2.43. The van der Waals surface area contributed by atoms with Crippen molar-refractivity contribution < 1.29 is 22.7 Å². The lowest BCUT2D eigenvalue weighted by molar-refractivity contribution is -0.139. The summed E-state index contributed by atoms with van der Waals surface area (Å²) < 4.78 is 53.0. The van der Waals surface area contributed by atoms with E-state index in [-0.39, 0.29) is 4.47 Å². The van der Waals surface area contributed by atoms with Gasteiger partial charge < -0.3 is 10.4 Å². The lowest BCUT2D eigenvalue weighted by Gasteiger charge is -2.35. The van der Waals surface area contributed by atoms with Crippen LogP contribution in [0.5, 0.6) is 5.75 Å². The molecule has 2 N–H and O–H groups in total. The van der Waals surface area contributed by atoms with E-state index in [1.165, 1.54) is 0 Å². The molecule has 0 amide bonds. The number of phenolic OH excluding ortho intramolecular Hbond substituents is 1. The van der Waals surface area contributed by atoms with E-state index in [1.54, 1.807) is 4.90 Å². The van der Waals surface area contributed by atoms with Crippen molar-refractivity contribution in [3.8, 4) is 5.75 Å². The zero-order valence-electron chi connectivity index (χ0n) is 11.1. The van der Waals surface area contributed by atoms with Crippen LogP contribution in [0.2, 0.25) is 0 Å². The van der Waals surface area contributed by atoms with Crippen molar-refractivity contribution in [2.75, 3.05) is 32.9 Å². The summed E-state index contributed by atoms with van der Waals surface area (Å²) in [6.45, 7) is 1.02. The molecule has 21 heavy (non-hydrogen) atoms. The maximum atomic E-state index is 13.5. The Balaban J connectivity index is 2.50. The van der Waals surface area contributed by atoms with Gasteiger partial charge in [-0.15, -0.1) is 0 Å². The van der Waals surface area contributed by atoms with Crippen molar-refractivity contribution in [2.45, 2.75) is 12.2 Å². The minimum Gasteiger partial charge on any atom is -0.506 e. The first-order valence-corrected chi connectivity index (χ1v) is 7.25. The van der Waals surface area contributed by atoms with Gasteiger partial charge in [-0.2, -0.15) is 13.2 Å². The van der Waals surface area contributed by atoms with E-state index in [4.69, 9.17) is 0 Å². The fourth-order valence-corrected chi connectivity index (χ4v) is 2.86. The van der Waals surface area contributed by atoms with Gasteiger partial charge in [0.25, 0.3) is 0 Å². The molecule has 0 spiro atoms. The van der Waals surface area contributed by atoms with Crippen molar-refractivity contribution in [1.82, 2.24) is 10.2 Å². The van der Waals surface area contributed by atoms with Crippen LogP contribution in [-0.4, -0.2) is 42.9 Å². The molecule has 0 unspecified atom stereocenters. The molecule has 118 valence electrons. The third kappa shape index (κ3) is 3.49. The normalized spacial score (nSPS) is 18.7. The molecule has 0 bridgehead atoms. The highest BCUT2D eigenvalue weighted by atomic mass is 79.9. The fraction of sp³-hybridized carbons (Fsp3) is 0.538. The summed E-state index contributed by atoms with van der Waals surface area (Å²) in [6, 6.07) is 0.875. The number of aromatic hydroxyl groups is 1. The molecule has 1 aliphatic rings. The second kappa shape index (κ2) is 6.50. The largest absolute Gasteiger partial charge is 0.506 e. The van der Waals surface area contributed by atoms with E-state index in [0.717, 1.165) is 12.1 Å². The van der Waals surface area contributed by atoms with Crippen LogP contribution < -0.4 is 5.32 Å². The minimum absolute atomic E-state index is 0.124. The van der Waals surface area contributed by atoms with E-state index in [2.05, 4.69) is 21.2 Å². The first kappa shape index (κ1) is 16.5. The van der Waals surface area contributed by atoms with Gasteiger partial charge in [0.15, 0.2) is 0 Å². The van der Waals surface area contributed by atoms with Crippen LogP contribution in [0.3, 0.4) is 0 Å². The average Bonchev–Trinajstić information content (AvgIpc) is 2.44. The molecule has 2 rings (SSSR count). The summed E-state index contributed by atoms with van der Waals surface area (Å²) >= 11 is 3.00. The zero-order valence-corrected chi connectivity index (χ0v) is 12.6. The summed E-state index contributed by atoms with van der Waals surface area (Å²) in [7, 11) is 0. The highest BCUT2D eigenvalue weighted by Gasteiger charge is 2.39. The van der Waals surface area contributed by atoms with Crippen molar-refractivity contribution >= 4 is 15.9 Å². The Bertz CT molecular complexity index is 504. The number of hydrogen-bond acceptors (Lipinski definition) is 3. The Hall–Kier alpha value is -0.860. The summed E-state index contributed by atoms with van der Waals surface area (Å²) in [5, 5.41) is 13.1. The van der Waals surface area contributed by atoms with Crippen LogP contribution in [0.4, 0.5) is 17.6 Å². The van der Waals surface area contributed by atoms with Gasteiger partial charge in [0, 0.05) is 31.7 Å². The van der Waals surface area contributed by atoms with Crippen LogP contribution in [-0.2, 0) is 6.18 Å². The number of halogens is 5. The number of nitrogens with zero attached hydrogens (tertiary/aromatic N) is 1. The van der Waals surface area contributed by atoms with E-state index in [9.17, 15) is 22.7 Å². The number of nitrogens with one attached hydrogen (secondary N) is 1. The lowest BCUT2D eigenvalue weighted by Crippen LogP contribution is -2.46. The Kier molecular flexibility index (Phi) is 5.11. The maximum Gasteiger partial charge on any atom is 0.416 e. The molecule has 0 aliphatic carbocycles. The van der Waals surface area contributed by atoms with Gasteiger partial charge in [0.2, 0.25) is 0 Å². The molecular formula is C13H15BrF4N2O. The number of alkyl halides is 4. The number of piperazine rings is 1. The Morgan fingerprint density at radius 1 is 1.29 bits per heavy atom. The smallest absolute Gasteiger partial charge is 0.416 e. The van der Waals surface area contributed by atoms with Crippen LogP contribution in [0.1, 0.15) is 17.2 Å². The maximum absolute atomic E-state index is 13.5. The van der Waals surface area contributed by atoms with Gasteiger partial charge in [0.05, 0.1) is 16.1 Å². The Morgan fingerprint density at radius 3 is 2.43 bits per heavy atom. The molecule has 1 aromatic rings. The number of phenols is 1. The zero-order chi connectivity index (χ0) is 15.6. The van der Waals surface area contributed by atoms with Gasteiger partial charge in [0.1, 0.15) is 12.4 Å².